The number of rotatable bonds is 1. The van der Waals surface area contributed by atoms with Crippen molar-refractivity contribution < 1.29 is 0 Å². The van der Waals surface area contributed by atoms with Crippen molar-refractivity contribution in [2.75, 3.05) is 0 Å². The van der Waals surface area contributed by atoms with Crippen LogP contribution in [0.15, 0.2) is 18.7 Å². The zero-order valence-electron chi connectivity index (χ0n) is 4.33. The zero-order chi connectivity index (χ0) is 5.11. The number of aromatic nitrogens is 2. The van der Waals surface area contributed by atoms with Gasteiger partial charge in [0, 0.05) is 18.9 Å². The van der Waals surface area contributed by atoms with Gasteiger partial charge in [0.25, 0.3) is 0 Å². The molecule has 0 amide bonds. The van der Waals surface area contributed by atoms with Crippen molar-refractivity contribution in [1.82, 2.24) is 9.55 Å². The Bertz CT molecular complexity index is 125. The summed E-state index contributed by atoms with van der Waals surface area (Å²) in [5.41, 5.74) is 0. The van der Waals surface area contributed by atoms with Crippen LogP contribution in [0.25, 0.3) is 0 Å². The van der Waals surface area contributed by atoms with Crippen molar-refractivity contribution in [3.63, 3.8) is 0 Å². The molecule has 8 heavy (non-hydrogen) atoms. The van der Waals surface area contributed by atoms with Crippen LogP contribution >= 0.6 is 0 Å². The summed E-state index contributed by atoms with van der Waals surface area (Å²) >= 11 is 0. The molecule has 0 saturated carbocycles. The predicted molar refractivity (Wildman–Crippen MR) is 35.0 cm³/mol. The molecule has 1 aromatic rings. The van der Waals surface area contributed by atoms with Gasteiger partial charge in [-0.15, -0.1) is 0 Å². The van der Waals surface area contributed by atoms with Gasteiger partial charge in [0.1, 0.15) is 0 Å². The van der Waals surface area contributed by atoms with E-state index in [0.29, 0.717) is 0 Å². The molecule has 1 rings (SSSR count). The van der Waals surface area contributed by atoms with Crippen molar-refractivity contribution >= 4 is 29.6 Å². The molecule has 0 fully saturated rings. The molecular formula is C5H9N2Na. The first-order valence-electron chi connectivity index (χ1n) is 2.39. The van der Waals surface area contributed by atoms with Crippen LogP contribution in [0.1, 0.15) is 6.92 Å². The first-order chi connectivity index (χ1) is 3.43. The number of imidazole rings is 1. The Morgan fingerprint density at radius 2 is 2.38 bits per heavy atom. The molecule has 0 aliphatic rings. The SMILES string of the molecule is CCn1ccnc1.[NaH]. The Morgan fingerprint density at radius 3 is 2.62 bits per heavy atom. The number of hydrogen-bond donors (Lipinski definition) is 0. The summed E-state index contributed by atoms with van der Waals surface area (Å²) in [6.07, 6.45) is 5.53. The molecule has 0 aliphatic carbocycles. The Labute approximate surface area is 71.2 Å². The summed E-state index contributed by atoms with van der Waals surface area (Å²) in [5.74, 6) is 0. The van der Waals surface area contributed by atoms with Crippen LogP contribution in [0, 0.1) is 0 Å². The second-order valence-corrected chi connectivity index (χ2v) is 1.39. The molecule has 40 valence electrons. The number of aryl methyl sites for hydroxylation is 1. The predicted octanol–water partition coefficient (Wildman–Crippen LogP) is 0.254. The van der Waals surface area contributed by atoms with Crippen LogP contribution in [0.3, 0.4) is 0 Å². The van der Waals surface area contributed by atoms with Crippen LogP contribution in [0.5, 0.6) is 0 Å². The number of nitrogens with zero attached hydrogens (tertiary/aromatic N) is 2. The van der Waals surface area contributed by atoms with Crippen molar-refractivity contribution in [3.8, 4) is 0 Å². The molecule has 1 heterocycles. The summed E-state index contributed by atoms with van der Waals surface area (Å²) in [4.78, 5) is 3.86. The van der Waals surface area contributed by atoms with Gasteiger partial charge in [-0.25, -0.2) is 4.98 Å². The van der Waals surface area contributed by atoms with Gasteiger partial charge in [0.15, 0.2) is 0 Å². The summed E-state index contributed by atoms with van der Waals surface area (Å²) in [6.45, 7) is 3.10. The second kappa shape index (κ2) is 4.13. The molecule has 0 unspecified atom stereocenters. The van der Waals surface area contributed by atoms with Crippen LogP contribution in [-0.2, 0) is 6.54 Å². The summed E-state index contributed by atoms with van der Waals surface area (Å²) < 4.78 is 2.01. The fourth-order valence-electron chi connectivity index (χ4n) is 0.474. The third kappa shape index (κ3) is 1.99. The minimum atomic E-state index is 0. The van der Waals surface area contributed by atoms with E-state index in [2.05, 4.69) is 11.9 Å². The standard InChI is InChI=1S/C5H8N2.Na.H/c1-2-7-4-3-6-5-7;;/h3-5H,2H2,1H3;;. The molecule has 0 spiro atoms. The van der Waals surface area contributed by atoms with Gasteiger partial charge in [0.05, 0.1) is 6.33 Å². The first-order valence-corrected chi connectivity index (χ1v) is 2.39. The maximum atomic E-state index is 3.86. The molecule has 1 aromatic heterocycles. The molecule has 0 aliphatic heterocycles. The molecule has 0 radical (unpaired) electrons. The Kier molecular flexibility index (Phi) is 4.23. The quantitative estimate of drug-likeness (QED) is 0.486. The van der Waals surface area contributed by atoms with E-state index in [1.807, 2.05) is 10.8 Å². The Morgan fingerprint density at radius 1 is 1.62 bits per heavy atom. The van der Waals surface area contributed by atoms with Crippen molar-refractivity contribution in [1.29, 1.82) is 0 Å². The first kappa shape index (κ1) is 8.21. The topological polar surface area (TPSA) is 17.8 Å². The van der Waals surface area contributed by atoms with Crippen molar-refractivity contribution in [3.05, 3.63) is 18.7 Å². The summed E-state index contributed by atoms with van der Waals surface area (Å²) in [5, 5.41) is 0. The van der Waals surface area contributed by atoms with E-state index in [1.54, 1.807) is 12.5 Å². The van der Waals surface area contributed by atoms with Crippen LogP contribution in [-0.4, -0.2) is 39.1 Å². The molecule has 0 saturated heterocycles. The van der Waals surface area contributed by atoms with Gasteiger partial charge in [0.2, 0.25) is 0 Å². The third-order valence-corrected chi connectivity index (χ3v) is 0.924. The van der Waals surface area contributed by atoms with Gasteiger partial charge >= 0.3 is 29.6 Å². The van der Waals surface area contributed by atoms with E-state index >= 15 is 0 Å². The van der Waals surface area contributed by atoms with Crippen molar-refractivity contribution in [2.24, 2.45) is 0 Å². The van der Waals surface area contributed by atoms with E-state index in [4.69, 9.17) is 0 Å². The average molecular weight is 120 g/mol. The maximum absolute atomic E-state index is 3.86. The van der Waals surface area contributed by atoms with Crippen LogP contribution < -0.4 is 0 Å². The molecule has 3 heteroatoms. The summed E-state index contributed by atoms with van der Waals surface area (Å²) in [6, 6.07) is 0. The molecular weight excluding hydrogens is 111 g/mol. The minimum absolute atomic E-state index is 0. The fourth-order valence-corrected chi connectivity index (χ4v) is 0.474. The van der Waals surface area contributed by atoms with E-state index in [1.165, 1.54) is 0 Å². The van der Waals surface area contributed by atoms with E-state index in [9.17, 15) is 0 Å². The Hall–Kier alpha value is 0.210. The van der Waals surface area contributed by atoms with E-state index < -0.39 is 0 Å². The van der Waals surface area contributed by atoms with Crippen LogP contribution in [0.4, 0.5) is 0 Å². The van der Waals surface area contributed by atoms with Crippen molar-refractivity contribution in [2.45, 2.75) is 13.5 Å². The normalized spacial score (nSPS) is 8.12. The molecule has 0 N–H and O–H groups in total. The second-order valence-electron chi connectivity index (χ2n) is 1.39. The van der Waals surface area contributed by atoms with E-state index in [-0.39, 0.29) is 29.6 Å². The van der Waals surface area contributed by atoms with Gasteiger partial charge < -0.3 is 4.57 Å². The van der Waals surface area contributed by atoms with Gasteiger partial charge in [-0.05, 0) is 6.92 Å². The third-order valence-electron chi connectivity index (χ3n) is 0.924. The summed E-state index contributed by atoms with van der Waals surface area (Å²) in [7, 11) is 0. The van der Waals surface area contributed by atoms with Crippen LogP contribution in [0.2, 0.25) is 0 Å². The Balaban J connectivity index is 0.000000490. The van der Waals surface area contributed by atoms with E-state index in [0.717, 1.165) is 6.54 Å². The van der Waals surface area contributed by atoms with Gasteiger partial charge in [-0.3, -0.25) is 0 Å². The van der Waals surface area contributed by atoms with Gasteiger partial charge in [-0.2, -0.15) is 0 Å². The fraction of sp³-hybridized carbons (Fsp3) is 0.400. The zero-order valence-corrected chi connectivity index (χ0v) is 4.33. The molecule has 2 nitrogen and oxygen atoms in total. The molecule has 0 bridgehead atoms. The van der Waals surface area contributed by atoms with Gasteiger partial charge in [-0.1, -0.05) is 0 Å². The molecule has 0 aromatic carbocycles. The average Bonchev–Trinajstić information content (AvgIpc) is 2.14. The molecule has 0 atom stereocenters. The number of hydrogen-bond acceptors (Lipinski definition) is 1. The monoisotopic (exact) mass is 120 g/mol.